The molecule has 0 saturated heterocycles. The van der Waals surface area contributed by atoms with Crippen molar-refractivity contribution in [3.8, 4) is 0 Å². The average Bonchev–Trinajstić information content (AvgIpc) is 2.78. The first-order valence-electron chi connectivity index (χ1n) is 6.42. The predicted molar refractivity (Wildman–Crippen MR) is 86.7 cm³/mol. The number of amides is 1. The summed E-state index contributed by atoms with van der Waals surface area (Å²) in [5.74, 6) is 0.00908. The molecule has 0 aliphatic heterocycles. The molecule has 0 bridgehead atoms. The Morgan fingerprint density at radius 3 is 2.70 bits per heavy atom. The normalized spacial score (nSPS) is 12.2. The van der Waals surface area contributed by atoms with Gasteiger partial charge < -0.3 is 5.32 Å². The molecule has 20 heavy (non-hydrogen) atoms. The number of carbonyl (C=O) groups is 1. The molecule has 0 unspecified atom stereocenters. The summed E-state index contributed by atoms with van der Waals surface area (Å²) in [6.45, 7) is 7.91. The van der Waals surface area contributed by atoms with Crippen LogP contribution in [0.5, 0.6) is 0 Å². The predicted octanol–water partition coefficient (Wildman–Crippen LogP) is 4.19. The molecule has 0 fully saturated rings. The lowest BCUT2D eigenvalue weighted by molar-refractivity contribution is -0.115. The maximum Gasteiger partial charge on any atom is 0.237 e. The van der Waals surface area contributed by atoms with E-state index in [4.69, 9.17) is 0 Å². The van der Waals surface area contributed by atoms with E-state index in [1.165, 1.54) is 17.3 Å². The smallest absolute Gasteiger partial charge is 0.237 e. The van der Waals surface area contributed by atoms with Gasteiger partial charge in [0, 0.05) is 16.8 Å². The number of aromatic nitrogens is 1. The molecule has 0 spiro atoms. The summed E-state index contributed by atoms with van der Waals surface area (Å²) in [6.07, 6.45) is 0. The fourth-order valence-corrected chi connectivity index (χ4v) is 3.76. The van der Waals surface area contributed by atoms with Gasteiger partial charge in [-0.2, -0.15) is 0 Å². The van der Waals surface area contributed by atoms with Crippen LogP contribution in [0.1, 0.15) is 23.7 Å². The monoisotopic (exact) mass is 306 g/mol. The number of anilines is 1. The number of aryl methyl sites for hydroxylation is 3. The molecule has 1 amide bonds. The number of hydrogen-bond donors (Lipinski definition) is 1. The van der Waals surface area contributed by atoms with Gasteiger partial charge in [-0.3, -0.25) is 4.79 Å². The summed E-state index contributed by atoms with van der Waals surface area (Å²) in [5.41, 5.74) is 4.16. The second-order valence-electron chi connectivity index (χ2n) is 4.82. The SMILES string of the molecule is Cc1ccc(NC(=O)[C@@H](C)Sc2nc(C)cs2)c(C)c1. The molecule has 3 nitrogen and oxygen atoms in total. The van der Waals surface area contributed by atoms with Crippen LogP contribution in [0.25, 0.3) is 0 Å². The first kappa shape index (κ1) is 15.1. The third kappa shape index (κ3) is 3.84. The first-order valence-corrected chi connectivity index (χ1v) is 8.18. The Bertz CT molecular complexity index is 622. The Hall–Kier alpha value is -1.33. The standard InChI is InChI=1S/C15H18N2OS2/c1-9-5-6-13(10(2)7-9)17-14(18)12(4)20-15-16-11(3)8-19-15/h5-8,12H,1-4H3,(H,17,18)/t12-/m1/s1. The Labute approximate surface area is 127 Å². The Balaban J connectivity index is 2.00. The van der Waals surface area contributed by atoms with E-state index >= 15 is 0 Å². The number of thiazole rings is 1. The molecule has 5 heteroatoms. The Kier molecular flexibility index (Phi) is 4.83. The second kappa shape index (κ2) is 6.41. The van der Waals surface area contributed by atoms with Crippen molar-refractivity contribution in [1.82, 2.24) is 4.98 Å². The van der Waals surface area contributed by atoms with Crippen LogP contribution in [-0.4, -0.2) is 16.1 Å². The number of hydrogen-bond acceptors (Lipinski definition) is 4. The van der Waals surface area contributed by atoms with Gasteiger partial charge in [0.25, 0.3) is 0 Å². The molecule has 1 aromatic heterocycles. The first-order chi connectivity index (χ1) is 9.45. The number of nitrogens with one attached hydrogen (secondary N) is 1. The Morgan fingerprint density at radius 1 is 1.35 bits per heavy atom. The van der Waals surface area contributed by atoms with Gasteiger partial charge in [-0.15, -0.1) is 11.3 Å². The van der Waals surface area contributed by atoms with E-state index in [2.05, 4.69) is 16.4 Å². The molecule has 0 aliphatic carbocycles. The average molecular weight is 306 g/mol. The fraction of sp³-hybridized carbons (Fsp3) is 0.333. The van der Waals surface area contributed by atoms with Crippen molar-refractivity contribution in [3.05, 3.63) is 40.4 Å². The quantitative estimate of drug-likeness (QED) is 0.861. The van der Waals surface area contributed by atoms with Gasteiger partial charge in [-0.05, 0) is 39.3 Å². The highest BCUT2D eigenvalue weighted by atomic mass is 32.2. The van der Waals surface area contributed by atoms with Crippen molar-refractivity contribution in [2.75, 3.05) is 5.32 Å². The van der Waals surface area contributed by atoms with Crippen molar-refractivity contribution in [3.63, 3.8) is 0 Å². The third-order valence-corrected chi connectivity index (χ3v) is 5.07. The van der Waals surface area contributed by atoms with E-state index in [1.54, 1.807) is 11.3 Å². The van der Waals surface area contributed by atoms with Gasteiger partial charge in [0.15, 0.2) is 4.34 Å². The zero-order valence-corrected chi connectivity index (χ0v) is 13.7. The summed E-state index contributed by atoms with van der Waals surface area (Å²) in [6, 6.07) is 6.02. The minimum atomic E-state index is -0.166. The van der Waals surface area contributed by atoms with Crippen molar-refractivity contribution in [1.29, 1.82) is 0 Å². The molecule has 0 aliphatic rings. The highest BCUT2D eigenvalue weighted by Gasteiger charge is 2.16. The van der Waals surface area contributed by atoms with Gasteiger partial charge in [0.1, 0.15) is 0 Å². The Morgan fingerprint density at radius 2 is 2.10 bits per heavy atom. The zero-order valence-electron chi connectivity index (χ0n) is 12.1. The number of thioether (sulfide) groups is 1. The van der Waals surface area contributed by atoms with Crippen molar-refractivity contribution >= 4 is 34.7 Å². The van der Waals surface area contributed by atoms with Crippen molar-refractivity contribution < 1.29 is 4.79 Å². The van der Waals surface area contributed by atoms with E-state index < -0.39 is 0 Å². The molecule has 1 heterocycles. The molecule has 2 rings (SSSR count). The van der Waals surface area contributed by atoms with Crippen LogP contribution < -0.4 is 5.32 Å². The number of carbonyl (C=O) groups excluding carboxylic acids is 1. The van der Waals surface area contributed by atoms with Gasteiger partial charge in [0.2, 0.25) is 5.91 Å². The topological polar surface area (TPSA) is 42.0 Å². The molecule has 1 N–H and O–H groups in total. The lowest BCUT2D eigenvalue weighted by atomic mass is 10.1. The van der Waals surface area contributed by atoms with E-state index in [1.807, 2.05) is 45.2 Å². The minimum Gasteiger partial charge on any atom is -0.325 e. The molecular weight excluding hydrogens is 288 g/mol. The highest BCUT2D eigenvalue weighted by molar-refractivity contribution is 8.02. The van der Waals surface area contributed by atoms with Crippen LogP contribution in [0, 0.1) is 20.8 Å². The van der Waals surface area contributed by atoms with Crippen molar-refractivity contribution in [2.24, 2.45) is 0 Å². The van der Waals surface area contributed by atoms with Crippen LogP contribution in [0.4, 0.5) is 5.69 Å². The summed E-state index contributed by atoms with van der Waals surface area (Å²) in [7, 11) is 0. The summed E-state index contributed by atoms with van der Waals surface area (Å²) in [5, 5.41) is 4.81. The lowest BCUT2D eigenvalue weighted by Crippen LogP contribution is -2.22. The lowest BCUT2D eigenvalue weighted by Gasteiger charge is -2.12. The molecule has 2 aromatic rings. The van der Waals surface area contributed by atoms with E-state index in [0.717, 1.165) is 21.3 Å². The van der Waals surface area contributed by atoms with E-state index in [9.17, 15) is 4.79 Å². The van der Waals surface area contributed by atoms with Crippen LogP contribution in [0.2, 0.25) is 0 Å². The minimum absolute atomic E-state index is 0.00908. The number of benzene rings is 1. The largest absolute Gasteiger partial charge is 0.325 e. The molecule has 0 radical (unpaired) electrons. The van der Waals surface area contributed by atoms with Gasteiger partial charge >= 0.3 is 0 Å². The molecule has 1 atom stereocenters. The molecule has 0 saturated carbocycles. The zero-order chi connectivity index (χ0) is 14.7. The van der Waals surface area contributed by atoms with Gasteiger partial charge in [0.05, 0.1) is 5.25 Å². The van der Waals surface area contributed by atoms with Crippen LogP contribution >= 0.6 is 23.1 Å². The molecular formula is C15H18N2OS2. The summed E-state index contributed by atoms with van der Waals surface area (Å²) in [4.78, 5) is 16.6. The maximum absolute atomic E-state index is 12.2. The van der Waals surface area contributed by atoms with E-state index in [0.29, 0.717) is 0 Å². The number of rotatable bonds is 4. The molecule has 1 aromatic carbocycles. The number of nitrogens with zero attached hydrogens (tertiary/aromatic N) is 1. The van der Waals surface area contributed by atoms with Crippen LogP contribution in [0.3, 0.4) is 0 Å². The van der Waals surface area contributed by atoms with Gasteiger partial charge in [-0.1, -0.05) is 29.5 Å². The highest BCUT2D eigenvalue weighted by Crippen LogP contribution is 2.27. The van der Waals surface area contributed by atoms with Crippen molar-refractivity contribution in [2.45, 2.75) is 37.3 Å². The fourth-order valence-electron chi connectivity index (χ4n) is 1.78. The van der Waals surface area contributed by atoms with Crippen LogP contribution in [0.15, 0.2) is 27.9 Å². The van der Waals surface area contributed by atoms with E-state index in [-0.39, 0.29) is 11.2 Å². The maximum atomic E-state index is 12.2. The third-order valence-electron chi connectivity index (χ3n) is 2.88. The molecule has 106 valence electrons. The van der Waals surface area contributed by atoms with Gasteiger partial charge in [-0.25, -0.2) is 4.98 Å². The summed E-state index contributed by atoms with van der Waals surface area (Å²) >= 11 is 3.07. The summed E-state index contributed by atoms with van der Waals surface area (Å²) < 4.78 is 0.936. The van der Waals surface area contributed by atoms with Crippen LogP contribution in [-0.2, 0) is 4.79 Å². The second-order valence-corrected chi connectivity index (χ2v) is 7.27.